The lowest BCUT2D eigenvalue weighted by molar-refractivity contribution is -0.114. The molecule has 2 heteroatoms. The summed E-state index contributed by atoms with van der Waals surface area (Å²) < 4.78 is 0. The van der Waals surface area contributed by atoms with E-state index in [9.17, 15) is 4.79 Å². The summed E-state index contributed by atoms with van der Waals surface area (Å²) in [6.45, 7) is 1.82. The van der Waals surface area contributed by atoms with Gasteiger partial charge < -0.3 is 5.32 Å². The van der Waals surface area contributed by atoms with E-state index in [1.807, 2.05) is 37.3 Å². The highest BCUT2D eigenvalue weighted by molar-refractivity contribution is 5.96. The van der Waals surface area contributed by atoms with Gasteiger partial charge in [-0.3, -0.25) is 4.79 Å². The minimum absolute atomic E-state index is 0.158. The summed E-state index contributed by atoms with van der Waals surface area (Å²) in [5, 5.41) is 2.85. The molecule has 0 spiro atoms. The van der Waals surface area contributed by atoms with Crippen LogP contribution in [0.3, 0.4) is 0 Å². The Morgan fingerprint density at radius 2 is 2.00 bits per heavy atom. The quantitative estimate of drug-likeness (QED) is 0.733. The molecule has 1 rings (SSSR count). The van der Waals surface area contributed by atoms with Gasteiger partial charge in [0.25, 0.3) is 0 Å². The molecule has 0 heterocycles. The SMILES string of the molecule is CNC=C(C)C(=O)Cc1ccccc1. The Morgan fingerprint density at radius 1 is 1.36 bits per heavy atom. The third-order valence-corrected chi connectivity index (χ3v) is 2.01. The van der Waals surface area contributed by atoms with E-state index < -0.39 is 0 Å². The Hall–Kier alpha value is -1.57. The molecule has 2 nitrogen and oxygen atoms in total. The molecule has 1 aromatic rings. The second-order valence-corrected chi connectivity index (χ2v) is 3.20. The second-order valence-electron chi connectivity index (χ2n) is 3.20. The van der Waals surface area contributed by atoms with Gasteiger partial charge in [-0.05, 0) is 12.5 Å². The fraction of sp³-hybridized carbons (Fsp3) is 0.250. The predicted octanol–water partition coefficient (Wildman–Crippen LogP) is 1.92. The zero-order valence-electron chi connectivity index (χ0n) is 8.58. The van der Waals surface area contributed by atoms with Crippen molar-refractivity contribution >= 4 is 5.78 Å². The summed E-state index contributed by atoms with van der Waals surface area (Å²) in [5.74, 6) is 0.158. The van der Waals surface area contributed by atoms with Crippen LogP contribution in [0.5, 0.6) is 0 Å². The largest absolute Gasteiger partial charge is 0.394 e. The van der Waals surface area contributed by atoms with Crippen LogP contribution in [-0.4, -0.2) is 12.8 Å². The maximum Gasteiger partial charge on any atom is 0.164 e. The molecule has 0 fully saturated rings. The van der Waals surface area contributed by atoms with Crippen molar-refractivity contribution < 1.29 is 4.79 Å². The average molecular weight is 189 g/mol. The summed E-state index contributed by atoms with van der Waals surface area (Å²) in [4.78, 5) is 11.6. The highest BCUT2D eigenvalue weighted by Gasteiger charge is 2.04. The van der Waals surface area contributed by atoms with Gasteiger partial charge in [0.1, 0.15) is 0 Å². The van der Waals surface area contributed by atoms with Crippen LogP contribution in [0.4, 0.5) is 0 Å². The Labute approximate surface area is 84.6 Å². The van der Waals surface area contributed by atoms with Crippen LogP contribution >= 0.6 is 0 Å². The van der Waals surface area contributed by atoms with Gasteiger partial charge in [0.05, 0.1) is 0 Å². The van der Waals surface area contributed by atoms with Gasteiger partial charge >= 0.3 is 0 Å². The van der Waals surface area contributed by atoms with Crippen molar-refractivity contribution in [2.24, 2.45) is 0 Å². The van der Waals surface area contributed by atoms with E-state index >= 15 is 0 Å². The van der Waals surface area contributed by atoms with Crippen molar-refractivity contribution in [3.05, 3.63) is 47.7 Å². The predicted molar refractivity (Wildman–Crippen MR) is 58.0 cm³/mol. The highest BCUT2D eigenvalue weighted by Crippen LogP contribution is 2.04. The van der Waals surface area contributed by atoms with Crippen LogP contribution in [0.15, 0.2) is 42.1 Å². The van der Waals surface area contributed by atoms with Gasteiger partial charge in [-0.25, -0.2) is 0 Å². The van der Waals surface area contributed by atoms with Crippen molar-refractivity contribution in [2.75, 3.05) is 7.05 Å². The molecule has 0 amide bonds. The van der Waals surface area contributed by atoms with Crippen molar-refractivity contribution in [1.82, 2.24) is 5.32 Å². The molecule has 1 N–H and O–H groups in total. The number of nitrogens with one attached hydrogen (secondary N) is 1. The number of allylic oxidation sites excluding steroid dienone is 1. The van der Waals surface area contributed by atoms with Crippen LogP contribution in [0.25, 0.3) is 0 Å². The van der Waals surface area contributed by atoms with Crippen LogP contribution in [0.1, 0.15) is 12.5 Å². The number of carbonyl (C=O) groups excluding carboxylic acids is 1. The molecule has 1 aromatic carbocycles. The number of benzene rings is 1. The zero-order valence-corrected chi connectivity index (χ0v) is 8.58. The van der Waals surface area contributed by atoms with Crippen molar-refractivity contribution in [3.63, 3.8) is 0 Å². The third kappa shape index (κ3) is 3.05. The van der Waals surface area contributed by atoms with Crippen LogP contribution < -0.4 is 5.32 Å². The van der Waals surface area contributed by atoms with E-state index in [0.717, 1.165) is 11.1 Å². The molecule has 0 aliphatic heterocycles. The highest BCUT2D eigenvalue weighted by atomic mass is 16.1. The molecule has 0 unspecified atom stereocenters. The molecule has 0 aliphatic rings. The number of hydrogen-bond acceptors (Lipinski definition) is 2. The van der Waals surface area contributed by atoms with E-state index in [-0.39, 0.29) is 5.78 Å². The van der Waals surface area contributed by atoms with E-state index in [4.69, 9.17) is 0 Å². The first-order valence-corrected chi connectivity index (χ1v) is 4.65. The maximum absolute atomic E-state index is 11.6. The van der Waals surface area contributed by atoms with Gasteiger partial charge in [-0.15, -0.1) is 0 Å². The topological polar surface area (TPSA) is 29.1 Å². The Balaban J connectivity index is 2.62. The molecule has 0 aliphatic carbocycles. The molecular formula is C12H15NO. The zero-order chi connectivity index (χ0) is 10.4. The average Bonchev–Trinajstić information content (AvgIpc) is 2.19. The van der Waals surface area contributed by atoms with Crippen LogP contribution in [0, 0.1) is 0 Å². The minimum atomic E-state index is 0.158. The van der Waals surface area contributed by atoms with Crippen molar-refractivity contribution in [2.45, 2.75) is 13.3 Å². The monoisotopic (exact) mass is 189 g/mol. The maximum atomic E-state index is 11.6. The van der Waals surface area contributed by atoms with Crippen molar-refractivity contribution in [3.8, 4) is 0 Å². The van der Waals surface area contributed by atoms with E-state index in [1.54, 1.807) is 13.2 Å². The molecule has 0 saturated heterocycles. The summed E-state index contributed by atoms with van der Waals surface area (Å²) in [5.41, 5.74) is 1.82. The molecule has 0 saturated carbocycles. The number of rotatable bonds is 4. The summed E-state index contributed by atoms with van der Waals surface area (Å²) in [6, 6.07) is 9.76. The van der Waals surface area contributed by atoms with Crippen molar-refractivity contribution in [1.29, 1.82) is 0 Å². The Bertz CT molecular complexity index is 327. The first-order chi connectivity index (χ1) is 6.74. The summed E-state index contributed by atoms with van der Waals surface area (Å²) >= 11 is 0. The lowest BCUT2D eigenvalue weighted by atomic mass is 10.1. The van der Waals surface area contributed by atoms with Gasteiger partial charge in [0, 0.05) is 25.2 Å². The third-order valence-electron chi connectivity index (χ3n) is 2.01. The fourth-order valence-corrected chi connectivity index (χ4v) is 1.22. The summed E-state index contributed by atoms with van der Waals surface area (Å²) in [6.07, 6.45) is 2.20. The first kappa shape index (κ1) is 10.5. The first-order valence-electron chi connectivity index (χ1n) is 4.65. The fourth-order valence-electron chi connectivity index (χ4n) is 1.22. The Kier molecular flexibility index (Phi) is 3.92. The molecule has 14 heavy (non-hydrogen) atoms. The summed E-state index contributed by atoms with van der Waals surface area (Å²) in [7, 11) is 1.79. The molecular weight excluding hydrogens is 174 g/mol. The van der Waals surface area contributed by atoms with Gasteiger partial charge in [0.15, 0.2) is 5.78 Å². The molecule has 0 radical (unpaired) electrons. The number of hydrogen-bond donors (Lipinski definition) is 1. The van der Waals surface area contributed by atoms with Crippen LogP contribution in [0.2, 0.25) is 0 Å². The van der Waals surface area contributed by atoms with E-state index in [2.05, 4.69) is 5.32 Å². The van der Waals surface area contributed by atoms with Crippen LogP contribution in [-0.2, 0) is 11.2 Å². The normalized spacial score (nSPS) is 11.1. The van der Waals surface area contributed by atoms with Gasteiger partial charge in [-0.2, -0.15) is 0 Å². The van der Waals surface area contributed by atoms with Gasteiger partial charge in [0.2, 0.25) is 0 Å². The molecule has 74 valence electrons. The molecule has 0 bridgehead atoms. The number of Topliss-reactive ketones (excluding diaryl/α,β-unsaturated/α-hetero) is 1. The lowest BCUT2D eigenvalue weighted by Gasteiger charge is -2.01. The molecule has 0 aromatic heterocycles. The van der Waals surface area contributed by atoms with E-state index in [0.29, 0.717) is 6.42 Å². The number of ketones is 1. The standard InChI is InChI=1S/C12H15NO/c1-10(9-13-2)12(14)8-11-6-4-3-5-7-11/h3-7,9,13H,8H2,1-2H3. The number of carbonyl (C=O) groups is 1. The van der Waals surface area contributed by atoms with Gasteiger partial charge in [-0.1, -0.05) is 30.3 Å². The second kappa shape index (κ2) is 5.22. The minimum Gasteiger partial charge on any atom is -0.394 e. The lowest BCUT2D eigenvalue weighted by Crippen LogP contribution is -2.07. The molecule has 0 atom stereocenters. The van der Waals surface area contributed by atoms with E-state index in [1.165, 1.54) is 0 Å². The Morgan fingerprint density at radius 3 is 2.57 bits per heavy atom. The smallest absolute Gasteiger partial charge is 0.164 e.